The van der Waals surface area contributed by atoms with Gasteiger partial charge in [0.2, 0.25) is 0 Å². The second kappa shape index (κ2) is 7.46. The molecule has 0 atom stereocenters. The van der Waals surface area contributed by atoms with E-state index in [2.05, 4.69) is 14.7 Å². The number of halogens is 1. The van der Waals surface area contributed by atoms with Gasteiger partial charge in [0.1, 0.15) is 10.0 Å². The zero-order valence-electron chi connectivity index (χ0n) is 15.4. The Bertz CT molecular complexity index is 1340. The standard InChI is InChI=1S/C20H16ClN3O4S/c1-28-19(25)10-7-14-12-15-16(8-9-18(21)23-15)24(14)29(26,27)17-6-2-4-13-5-3-11-22-20(13)17/h2-6,8-9,11-12H,7,10H2,1H3. The van der Waals surface area contributed by atoms with Gasteiger partial charge in [-0.3, -0.25) is 9.78 Å². The van der Waals surface area contributed by atoms with Crippen LogP contribution in [0.25, 0.3) is 21.9 Å². The lowest BCUT2D eigenvalue weighted by molar-refractivity contribution is -0.140. The number of hydrogen-bond acceptors (Lipinski definition) is 6. The minimum Gasteiger partial charge on any atom is -0.469 e. The second-order valence-electron chi connectivity index (χ2n) is 6.35. The number of hydrogen-bond donors (Lipinski definition) is 0. The lowest BCUT2D eigenvalue weighted by atomic mass is 10.2. The Hall–Kier alpha value is -2.97. The number of pyridine rings is 2. The molecule has 0 saturated heterocycles. The van der Waals surface area contributed by atoms with Crippen LogP contribution in [-0.2, 0) is 26.0 Å². The van der Waals surface area contributed by atoms with Crippen LogP contribution in [0.2, 0.25) is 5.15 Å². The molecule has 0 aliphatic carbocycles. The number of carbonyl (C=O) groups is 1. The summed E-state index contributed by atoms with van der Waals surface area (Å²) in [6, 6.07) is 13.3. The molecule has 0 aliphatic rings. The van der Waals surface area contributed by atoms with Crippen molar-refractivity contribution in [2.24, 2.45) is 0 Å². The van der Waals surface area contributed by atoms with Crippen molar-refractivity contribution in [1.82, 2.24) is 13.9 Å². The highest BCUT2D eigenvalue weighted by Crippen LogP contribution is 2.29. The molecule has 0 bridgehead atoms. The molecule has 0 N–H and O–H groups in total. The maximum atomic E-state index is 13.7. The third kappa shape index (κ3) is 3.45. The van der Waals surface area contributed by atoms with Gasteiger partial charge in [-0.25, -0.2) is 17.4 Å². The van der Waals surface area contributed by atoms with Crippen molar-refractivity contribution in [3.05, 3.63) is 65.6 Å². The van der Waals surface area contributed by atoms with Crippen LogP contribution >= 0.6 is 11.6 Å². The van der Waals surface area contributed by atoms with E-state index in [1.807, 2.05) is 0 Å². The van der Waals surface area contributed by atoms with Crippen molar-refractivity contribution in [3.8, 4) is 0 Å². The van der Waals surface area contributed by atoms with Gasteiger partial charge in [0.15, 0.2) is 0 Å². The largest absolute Gasteiger partial charge is 0.469 e. The van der Waals surface area contributed by atoms with Crippen LogP contribution in [0.3, 0.4) is 0 Å². The summed E-state index contributed by atoms with van der Waals surface area (Å²) in [4.78, 5) is 20.2. The van der Waals surface area contributed by atoms with E-state index in [0.29, 0.717) is 27.6 Å². The monoisotopic (exact) mass is 429 g/mol. The van der Waals surface area contributed by atoms with Crippen molar-refractivity contribution in [2.45, 2.75) is 17.7 Å². The first-order valence-electron chi connectivity index (χ1n) is 8.75. The molecule has 0 spiro atoms. The fourth-order valence-electron chi connectivity index (χ4n) is 3.26. The van der Waals surface area contributed by atoms with Crippen molar-refractivity contribution in [1.29, 1.82) is 0 Å². The predicted octanol–water partition coefficient (Wildman–Crippen LogP) is 3.58. The average molecular weight is 430 g/mol. The molecule has 148 valence electrons. The molecular formula is C20H16ClN3O4S. The molecule has 4 aromatic rings. The van der Waals surface area contributed by atoms with E-state index < -0.39 is 16.0 Å². The zero-order chi connectivity index (χ0) is 20.6. The lowest BCUT2D eigenvalue weighted by Crippen LogP contribution is -2.17. The summed E-state index contributed by atoms with van der Waals surface area (Å²) in [6.07, 6.45) is 1.75. The summed E-state index contributed by atoms with van der Waals surface area (Å²) in [5.41, 5.74) is 1.59. The summed E-state index contributed by atoms with van der Waals surface area (Å²) in [5.74, 6) is -0.433. The number of para-hydroxylation sites is 1. The van der Waals surface area contributed by atoms with E-state index in [1.165, 1.54) is 23.2 Å². The van der Waals surface area contributed by atoms with E-state index in [1.54, 1.807) is 42.6 Å². The summed E-state index contributed by atoms with van der Waals surface area (Å²) < 4.78 is 33.3. The third-order valence-electron chi connectivity index (χ3n) is 4.58. The summed E-state index contributed by atoms with van der Waals surface area (Å²) >= 11 is 5.99. The number of benzene rings is 1. The van der Waals surface area contributed by atoms with Crippen LogP contribution in [0, 0.1) is 0 Å². The van der Waals surface area contributed by atoms with Crippen LogP contribution in [0.4, 0.5) is 0 Å². The Morgan fingerprint density at radius 2 is 1.97 bits per heavy atom. The molecule has 0 fully saturated rings. The normalized spacial score (nSPS) is 11.8. The molecule has 0 radical (unpaired) electrons. The van der Waals surface area contributed by atoms with Crippen LogP contribution < -0.4 is 0 Å². The van der Waals surface area contributed by atoms with Crippen LogP contribution in [0.15, 0.2) is 59.6 Å². The Morgan fingerprint density at radius 1 is 1.17 bits per heavy atom. The molecule has 0 aliphatic heterocycles. The van der Waals surface area contributed by atoms with Gasteiger partial charge in [0, 0.05) is 17.3 Å². The molecule has 9 heteroatoms. The lowest BCUT2D eigenvalue weighted by Gasteiger charge is -2.13. The van der Waals surface area contributed by atoms with Crippen molar-refractivity contribution in [2.75, 3.05) is 7.11 Å². The minimum absolute atomic E-state index is 0.0316. The number of nitrogens with zero attached hydrogens (tertiary/aromatic N) is 3. The van der Waals surface area contributed by atoms with E-state index in [-0.39, 0.29) is 22.9 Å². The van der Waals surface area contributed by atoms with Crippen LogP contribution in [0.1, 0.15) is 12.1 Å². The van der Waals surface area contributed by atoms with E-state index in [4.69, 9.17) is 11.6 Å². The van der Waals surface area contributed by atoms with Gasteiger partial charge >= 0.3 is 5.97 Å². The summed E-state index contributed by atoms with van der Waals surface area (Å²) in [5, 5.41) is 0.959. The first-order chi connectivity index (χ1) is 13.9. The highest BCUT2D eigenvalue weighted by Gasteiger charge is 2.26. The number of methoxy groups -OCH3 is 1. The van der Waals surface area contributed by atoms with Gasteiger partial charge in [0.05, 0.1) is 30.1 Å². The number of aryl methyl sites for hydroxylation is 1. The molecule has 4 rings (SSSR count). The van der Waals surface area contributed by atoms with Gasteiger partial charge in [-0.15, -0.1) is 0 Å². The predicted molar refractivity (Wildman–Crippen MR) is 109 cm³/mol. The van der Waals surface area contributed by atoms with Crippen molar-refractivity contribution in [3.63, 3.8) is 0 Å². The third-order valence-corrected chi connectivity index (χ3v) is 6.59. The van der Waals surface area contributed by atoms with Crippen LogP contribution in [-0.4, -0.2) is 35.4 Å². The zero-order valence-corrected chi connectivity index (χ0v) is 16.9. The topological polar surface area (TPSA) is 91.1 Å². The summed E-state index contributed by atoms with van der Waals surface area (Å²) in [6.45, 7) is 0. The number of aromatic nitrogens is 3. The quantitative estimate of drug-likeness (QED) is 0.355. The number of rotatable bonds is 5. The van der Waals surface area contributed by atoms with E-state index >= 15 is 0 Å². The smallest absolute Gasteiger partial charge is 0.305 e. The average Bonchev–Trinajstić information content (AvgIpc) is 3.09. The SMILES string of the molecule is COC(=O)CCc1cc2nc(Cl)ccc2n1S(=O)(=O)c1cccc2cccnc12. The Kier molecular flexibility index (Phi) is 4.97. The van der Waals surface area contributed by atoms with E-state index in [0.717, 1.165) is 0 Å². The first kappa shape index (κ1) is 19.4. The Labute approximate surface area is 172 Å². The summed E-state index contributed by atoms with van der Waals surface area (Å²) in [7, 11) is -2.74. The van der Waals surface area contributed by atoms with Gasteiger partial charge in [0.25, 0.3) is 10.0 Å². The molecule has 3 aromatic heterocycles. The second-order valence-corrected chi connectivity index (χ2v) is 8.49. The molecule has 0 saturated carbocycles. The molecule has 1 aromatic carbocycles. The van der Waals surface area contributed by atoms with Gasteiger partial charge in [-0.2, -0.15) is 0 Å². The molecule has 0 amide bonds. The highest BCUT2D eigenvalue weighted by molar-refractivity contribution is 7.90. The number of carbonyl (C=O) groups excluding carboxylic acids is 1. The number of fused-ring (bicyclic) bond motifs is 2. The van der Waals surface area contributed by atoms with Crippen molar-refractivity contribution >= 4 is 49.5 Å². The fourth-order valence-corrected chi connectivity index (χ4v) is 5.15. The minimum atomic E-state index is -4.03. The Balaban J connectivity index is 1.96. The molecule has 7 nitrogen and oxygen atoms in total. The molecule has 0 unspecified atom stereocenters. The van der Waals surface area contributed by atoms with Gasteiger partial charge < -0.3 is 4.74 Å². The van der Waals surface area contributed by atoms with Crippen molar-refractivity contribution < 1.29 is 17.9 Å². The fraction of sp³-hybridized carbons (Fsp3) is 0.150. The first-order valence-corrected chi connectivity index (χ1v) is 10.6. The van der Waals surface area contributed by atoms with E-state index in [9.17, 15) is 13.2 Å². The molecule has 29 heavy (non-hydrogen) atoms. The maximum Gasteiger partial charge on any atom is 0.305 e. The Morgan fingerprint density at radius 3 is 2.76 bits per heavy atom. The highest BCUT2D eigenvalue weighted by atomic mass is 35.5. The molecular weight excluding hydrogens is 414 g/mol. The molecule has 3 heterocycles. The van der Waals surface area contributed by atoms with Crippen LogP contribution in [0.5, 0.6) is 0 Å². The van der Waals surface area contributed by atoms with Gasteiger partial charge in [-0.05, 0) is 36.8 Å². The van der Waals surface area contributed by atoms with Gasteiger partial charge in [-0.1, -0.05) is 29.8 Å². The number of ether oxygens (including phenoxy) is 1. The maximum absolute atomic E-state index is 13.7. The number of esters is 1.